The Hall–Kier alpha value is -5.64. The van der Waals surface area contributed by atoms with Crippen molar-refractivity contribution >= 4 is 23.8 Å². The van der Waals surface area contributed by atoms with Gasteiger partial charge in [-0.25, -0.2) is 0 Å². The molecule has 50 heavy (non-hydrogen) atoms. The lowest BCUT2D eigenvalue weighted by molar-refractivity contribution is -0.186. The number of ether oxygens (including phenoxy) is 2. The molecule has 260 valence electrons. The molecule has 2 N–H and O–H groups in total. The van der Waals surface area contributed by atoms with Gasteiger partial charge in [0.25, 0.3) is 0 Å². The van der Waals surface area contributed by atoms with E-state index >= 15 is 0 Å². The fraction of sp³-hybridized carbons (Fsp3) is 0.300. The molecule has 4 aromatic rings. The molecule has 0 bridgehead atoms. The van der Waals surface area contributed by atoms with Gasteiger partial charge in [-0.1, -0.05) is 74.5 Å². The molecule has 0 aromatic heterocycles. The van der Waals surface area contributed by atoms with Gasteiger partial charge in [0.15, 0.2) is 0 Å². The monoisotopic (exact) mass is 678 g/mol. The van der Waals surface area contributed by atoms with Gasteiger partial charge in [-0.05, 0) is 72.5 Å². The van der Waals surface area contributed by atoms with Crippen molar-refractivity contribution in [3.63, 3.8) is 0 Å². The Kier molecular flexibility index (Phi) is 11.9. The van der Waals surface area contributed by atoms with Crippen molar-refractivity contribution in [2.24, 2.45) is 11.8 Å². The number of rotatable bonds is 16. The normalized spacial score (nSPS) is 18.0. The van der Waals surface area contributed by atoms with Crippen molar-refractivity contribution in [3.8, 4) is 23.0 Å². The van der Waals surface area contributed by atoms with E-state index < -0.39 is 35.9 Å². The van der Waals surface area contributed by atoms with Gasteiger partial charge in [0, 0.05) is 13.1 Å². The summed E-state index contributed by atoms with van der Waals surface area (Å²) in [4.78, 5) is 56.0. The van der Waals surface area contributed by atoms with Gasteiger partial charge < -0.3 is 29.5 Å². The van der Waals surface area contributed by atoms with Crippen LogP contribution in [0, 0.1) is 11.8 Å². The molecule has 4 unspecified atom stereocenters. The first-order valence-electron chi connectivity index (χ1n) is 16.9. The highest BCUT2D eigenvalue weighted by molar-refractivity contribution is 5.89. The first kappa shape index (κ1) is 35.7. The largest absolute Gasteiger partial charge is 0.481 e. The van der Waals surface area contributed by atoms with Gasteiger partial charge in [0.1, 0.15) is 23.0 Å². The van der Waals surface area contributed by atoms with Crippen molar-refractivity contribution in [2.75, 3.05) is 13.1 Å². The summed E-state index contributed by atoms with van der Waals surface area (Å²) in [6.45, 7) is 4.16. The Balaban J connectivity index is 1.36. The second kappa shape index (κ2) is 16.6. The molecule has 5 rings (SSSR count). The van der Waals surface area contributed by atoms with Crippen LogP contribution in [0.3, 0.4) is 0 Å². The predicted molar refractivity (Wildman–Crippen MR) is 187 cm³/mol. The minimum atomic E-state index is -1.38. The molecule has 4 atom stereocenters. The number of carbonyl (C=O) groups is 4. The standard InChI is InChI=1S/C40H42N2O8/c1-3-23-41(33(43)25-27-15-19-31(20-16-27)49-29-11-7-5-8-12-29)37-35(39(45)46)36(40(47)48)38(37)42(24-4-2)34(44)26-28-17-21-32(22-18-28)50-30-13-9-6-10-14-30/h5-22,35-38H,3-4,23-26H2,1-2H3,(H,45,46)(H,47,48). The predicted octanol–water partition coefficient (Wildman–Crippen LogP) is 6.69. The Morgan fingerprint density at radius 3 is 1.14 bits per heavy atom. The highest BCUT2D eigenvalue weighted by atomic mass is 16.5. The summed E-state index contributed by atoms with van der Waals surface area (Å²) < 4.78 is 11.7. The first-order chi connectivity index (χ1) is 24.2. The highest BCUT2D eigenvalue weighted by Gasteiger charge is 2.63. The van der Waals surface area contributed by atoms with E-state index in [9.17, 15) is 29.4 Å². The van der Waals surface area contributed by atoms with Gasteiger partial charge in [0.2, 0.25) is 11.8 Å². The van der Waals surface area contributed by atoms with Gasteiger partial charge >= 0.3 is 11.9 Å². The zero-order valence-corrected chi connectivity index (χ0v) is 28.2. The van der Waals surface area contributed by atoms with Gasteiger partial charge in [-0.2, -0.15) is 0 Å². The van der Waals surface area contributed by atoms with Crippen LogP contribution in [0.25, 0.3) is 0 Å². The van der Waals surface area contributed by atoms with E-state index in [4.69, 9.17) is 9.47 Å². The Labute approximate surface area is 291 Å². The zero-order valence-electron chi connectivity index (χ0n) is 28.2. The van der Waals surface area contributed by atoms with Crippen LogP contribution in [0.2, 0.25) is 0 Å². The van der Waals surface area contributed by atoms with Gasteiger partial charge in [-0.15, -0.1) is 0 Å². The van der Waals surface area contributed by atoms with Crippen molar-refractivity contribution in [1.82, 2.24) is 9.80 Å². The number of carbonyl (C=O) groups excluding carboxylic acids is 2. The summed E-state index contributed by atoms with van der Waals surface area (Å²) in [6.07, 6.45) is 0.972. The average molecular weight is 679 g/mol. The molecular weight excluding hydrogens is 636 g/mol. The van der Waals surface area contributed by atoms with E-state index in [0.717, 1.165) is 0 Å². The summed E-state index contributed by atoms with van der Waals surface area (Å²) in [5.41, 5.74) is 1.38. The molecule has 4 aromatic carbocycles. The maximum absolute atomic E-state index is 13.9. The van der Waals surface area contributed by atoms with Crippen molar-refractivity contribution in [3.05, 3.63) is 120 Å². The Bertz CT molecular complexity index is 1620. The molecule has 1 aliphatic carbocycles. The molecule has 10 nitrogen and oxygen atoms in total. The number of para-hydroxylation sites is 2. The average Bonchev–Trinajstić information content (AvgIpc) is 3.09. The Morgan fingerprint density at radius 1 is 0.520 bits per heavy atom. The molecule has 0 radical (unpaired) electrons. The minimum Gasteiger partial charge on any atom is -0.481 e. The summed E-state index contributed by atoms with van der Waals surface area (Å²) in [5.74, 6) is -3.52. The van der Waals surface area contributed by atoms with Crippen molar-refractivity contribution in [1.29, 1.82) is 0 Å². The molecule has 1 fully saturated rings. The van der Waals surface area contributed by atoms with Crippen LogP contribution in [0.15, 0.2) is 109 Å². The number of hydrogen-bond donors (Lipinski definition) is 2. The molecule has 1 aliphatic rings. The van der Waals surface area contributed by atoms with E-state index in [1.165, 1.54) is 9.80 Å². The maximum atomic E-state index is 13.9. The van der Waals surface area contributed by atoms with Crippen LogP contribution in [0.4, 0.5) is 0 Å². The third-order valence-corrected chi connectivity index (χ3v) is 8.85. The third-order valence-electron chi connectivity index (χ3n) is 8.85. The van der Waals surface area contributed by atoms with E-state index in [0.29, 0.717) is 47.0 Å². The molecule has 0 saturated heterocycles. The number of benzene rings is 4. The lowest BCUT2D eigenvalue weighted by Gasteiger charge is -2.56. The topological polar surface area (TPSA) is 134 Å². The second-order valence-electron chi connectivity index (χ2n) is 12.4. The molecule has 0 heterocycles. The fourth-order valence-corrected chi connectivity index (χ4v) is 6.57. The summed E-state index contributed by atoms with van der Waals surface area (Å²) >= 11 is 0. The number of amides is 2. The smallest absolute Gasteiger partial charge is 0.309 e. The molecule has 10 heteroatoms. The number of carboxylic acid groups (broad SMARTS) is 2. The Morgan fingerprint density at radius 2 is 0.840 bits per heavy atom. The van der Waals surface area contributed by atoms with Gasteiger partial charge in [0.05, 0.1) is 36.8 Å². The quantitative estimate of drug-likeness (QED) is 0.134. The van der Waals surface area contributed by atoms with Crippen molar-refractivity contribution in [2.45, 2.75) is 51.6 Å². The van der Waals surface area contributed by atoms with E-state index in [1.54, 1.807) is 48.5 Å². The fourth-order valence-electron chi connectivity index (χ4n) is 6.57. The zero-order chi connectivity index (χ0) is 35.6. The van der Waals surface area contributed by atoms with Gasteiger partial charge in [-0.3, -0.25) is 19.2 Å². The summed E-state index contributed by atoms with van der Waals surface area (Å²) in [7, 11) is 0. The number of hydrogen-bond acceptors (Lipinski definition) is 6. The SMILES string of the molecule is CCCN(C(=O)Cc1ccc(Oc2ccccc2)cc1)C1C(C(=O)O)C(C(=O)O)C1N(CCC)C(=O)Cc1ccc(Oc2ccccc2)cc1. The molecule has 1 saturated carbocycles. The maximum Gasteiger partial charge on any atom is 0.309 e. The van der Waals surface area contributed by atoms with E-state index in [2.05, 4.69) is 0 Å². The minimum absolute atomic E-state index is 0.0297. The van der Waals surface area contributed by atoms with E-state index in [-0.39, 0.29) is 37.7 Å². The van der Waals surface area contributed by atoms with Crippen molar-refractivity contribution < 1.29 is 38.9 Å². The first-order valence-corrected chi connectivity index (χ1v) is 16.9. The third kappa shape index (κ3) is 8.49. The molecule has 2 amide bonds. The second-order valence-corrected chi connectivity index (χ2v) is 12.4. The van der Waals surface area contributed by atoms with Crippen LogP contribution in [-0.4, -0.2) is 68.9 Å². The summed E-state index contributed by atoms with van der Waals surface area (Å²) in [5, 5.41) is 20.5. The van der Waals surface area contributed by atoms with Crippen LogP contribution in [0.5, 0.6) is 23.0 Å². The lowest BCUT2D eigenvalue weighted by atomic mass is 9.62. The van der Waals surface area contributed by atoms with Crippen LogP contribution >= 0.6 is 0 Å². The molecule has 0 spiro atoms. The van der Waals surface area contributed by atoms with Crippen LogP contribution < -0.4 is 9.47 Å². The summed E-state index contributed by atoms with van der Waals surface area (Å²) in [6, 6.07) is 30.7. The number of aliphatic carboxylic acids is 2. The van der Waals surface area contributed by atoms with Crippen LogP contribution in [0.1, 0.15) is 37.8 Å². The number of nitrogens with zero attached hydrogens (tertiary/aromatic N) is 2. The molecular formula is C40H42N2O8. The van der Waals surface area contributed by atoms with Crippen LogP contribution in [-0.2, 0) is 32.0 Å². The lowest BCUT2D eigenvalue weighted by Crippen LogP contribution is -2.74. The number of carboxylic acids is 2. The van der Waals surface area contributed by atoms with E-state index in [1.807, 2.05) is 74.5 Å². The molecule has 0 aliphatic heterocycles. The highest BCUT2D eigenvalue weighted by Crippen LogP contribution is 2.43.